The van der Waals surface area contributed by atoms with E-state index in [1.165, 1.54) is 12.1 Å². The van der Waals surface area contributed by atoms with Crippen LogP contribution >= 0.6 is 0 Å². The molecular weight excluding hydrogens is 403 g/mol. The van der Waals surface area contributed by atoms with Crippen molar-refractivity contribution in [2.75, 3.05) is 6.61 Å². The number of benzene rings is 2. The van der Waals surface area contributed by atoms with Gasteiger partial charge in [0.15, 0.2) is 0 Å². The van der Waals surface area contributed by atoms with E-state index in [-0.39, 0.29) is 40.5 Å². The van der Waals surface area contributed by atoms with Gasteiger partial charge in [0, 0.05) is 5.56 Å². The number of aromatic carboxylic acids is 1. The van der Waals surface area contributed by atoms with Gasteiger partial charge in [-0.3, -0.25) is 0 Å². The van der Waals surface area contributed by atoms with Gasteiger partial charge in [-0.1, -0.05) is 30.3 Å². The summed E-state index contributed by atoms with van der Waals surface area (Å²) in [6, 6.07) is 12.2. The number of ether oxygens (including phenoxy) is 2. The summed E-state index contributed by atoms with van der Waals surface area (Å²) < 4.78 is 24.9. The van der Waals surface area contributed by atoms with Gasteiger partial charge in [0.05, 0.1) is 23.7 Å². The summed E-state index contributed by atoms with van der Waals surface area (Å²) >= 11 is 0. The van der Waals surface area contributed by atoms with Crippen LogP contribution in [-0.2, 0) is 14.3 Å². The molecule has 1 aliphatic rings. The molecule has 0 bridgehead atoms. The first-order valence-corrected chi connectivity index (χ1v) is 9.37. The Morgan fingerprint density at radius 1 is 1.26 bits per heavy atom. The fourth-order valence-corrected chi connectivity index (χ4v) is 3.43. The molecule has 3 rings (SSSR count). The molecule has 158 valence electrons. The van der Waals surface area contributed by atoms with Gasteiger partial charge < -0.3 is 20.3 Å². The highest BCUT2D eigenvalue weighted by atomic mass is 19.1. The molecule has 7 nitrogen and oxygen atoms in total. The number of nitrogens with two attached hydrogens (primary N) is 1. The Morgan fingerprint density at radius 2 is 1.94 bits per heavy atom. The molecule has 2 aromatic rings. The third kappa shape index (κ3) is 4.12. The number of halogens is 1. The minimum absolute atomic E-state index is 0.0680. The number of carboxylic acid groups (broad SMARTS) is 1. The van der Waals surface area contributed by atoms with E-state index in [4.69, 9.17) is 20.3 Å². The van der Waals surface area contributed by atoms with Crippen LogP contribution in [0.1, 0.15) is 35.7 Å². The monoisotopic (exact) mass is 422 g/mol. The van der Waals surface area contributed by atoms with E-state index in [1.54, 1.807) is 38.1 Å². The van der Waals surface area contributed by atoms with Crippen molar-refractivity contribution in [2.24, 2.45) is 5.73 Å². The summed E-state index contributed by atoms with van der Waals surface area (Å²) in [5.41, 5.74) is 7.24. The lowest BCUT2D eigenvalue weighted by Crippen LogP contribution is -2.25. The van der Waals surface area contributed by atoms with E-state index >= 15 is 0 Å². The number of nitrogens with zero attached hydrogens (tertiary/aromatic N) is 1. The molecule has 0 radical (unpaired) electrons. The molecular formula is C23H19FN2O5. The van der Waals surface area contributed by atoms with Crippen LogP contribution in [0.5, 0.6) is 0 Å². The third-order valence-corrected chi connectivity index (χ3v) is 4.87. The van der Waals surface area contributed by atoms with E-state index in [9.17, 15) is 19.2 Å². The second-order valence-electron chi connectivity index (χ2n) is 6.74. The molecule has 0 aliphatic carbocycles. The van der Waals surface area contributed by atoms with Crippen molar-refractivity contribution in [3.63, 3.8) is 0 Å². The zero-order valence-corrected chi connectivity index (χ0v) is 16.8. The van der Waals surface area contributed by atoms with Crippen LogP contribution in [0.15, 0.2) is 65.3 Å². The van der Waals surface area contributed by atoms with Crippen LogP contribution in [0.3, 0.4) is 0 Å². The van der Waals surface area contributed by atoms with Crippen LogP contribution in [0.2, 0.25) is 0 Å². The van der Waals surface area contributed by atoms with Crippen LogP contribution in [-0.4, -0.2) is 23.7 Å². The Balaban J connectivity index is 2.04. The topological polar surface area (TPSA) is 123 Å². The number of nitriles is 1. The first-order valence-electron chi connectivity index (χ1n) is 9.37. The Labute approximate surface area is 177 Å². The maximum Gasteiger partial charge on any atom is 0.338 e. The molecule has 3 N–H and O–H groups in total. The summed E-state index contributed by atoms with van der Waals surface area (Å²) in [4.78, 5) is 23.6. The van der Waals surface area contributed by atoms with Gasteiger partial charge in [-0.2, -0.15) is 5.26 Å². The molecule has 1 unspecified atom stereocenters. The maximum absolute atomic E-state index is 14.4. The predicted octanol–water partition coefficient (Wildman–Crippen LogP) is 3.84. The second kappa shape index (κ2) is 8.71. The SMILES string of the molecule is CCOC(=O)C1=C(C)OC(N)=C(C#N)C1c1ccc(-c2ccc(C(=O)O)cc2F)cc1. The van der Waals surface area contributed by atoms with E-state index in [1.807, 2.05) is 6.07 Å². The second-order valence-corrected chi connectivity index (χ2v) is 6.74. The lowest BCUT2D eigenvalue weighted by atomic mass is 9.82. The van der Waals surface area contributed by atoms with E-state index < -0.39 is 23.7 Å². The van der Waals surface area contributed by atoms with Gasteiger partial charge in [-0.15, -0.1) is 0 Å². The zero-order chi connectivity index (χ0) is 22.7. The van der Waals surface area contributed by atoms with Crippen molar-refractivity contribution in [2.45, 2.75) is 19.8 Å². The quantitative estimate of drug-likeness (QED) is 0.702. The molecule has 0 spiro atoms. The van der Waals surface area contributed by atoms with Crippen LogP contribution in [0.25, 0.3) is 11.1 Å². The third-order valence-electron chi connectivity index (χ3n) is 4.87. The number of esters is 1. The lowest BCUT2D eigenvalue weighted by molar-refractivity contribution is -0.139. The molecule has 1 atom stereocenters. The Kier molecular flexibility index (Phi) is 6.07. The average molecular weight is 422 g/mol. The van der Waals surface area contributed by atoms with Gasteiger partial charge in [-0.25, -0.2) is 14.0 Å². The van der Waals surface area contributed by atoms with Crippen molar-refractivity contribution in [3.8, 4) is 17.2 Å². The highest BCUT2D eigenvalue weighted by Crippen LogP contribution is 2.40. The Bertz CT molecular complexity index is 1160. The molecule has 0 saturated heterocycles. The molecule has 31 heavy (non-hydrogen) atoms. The first kappa shape index (κ1) is 21.6. The van der Waals surface area contributed by atoms with E-state index in [2.05, 4.69) is 0 Å². The molecule has 2 aromatic carbocycles. The van der Waals surface area contributed by atoms with Crippen LogP contribution < -0.4 is 5.73 Å². The van der Waals surface area contributed by atoms with E-state index in [0.717, 1.165) is 6.07 Å². The van der Waals surface area contributed by atoms with Crippen LogP contribution in [0, 0.1) is 17.1 Å². The van der Waals surface area contributed by atoms with Gasteiger partial charge in [0.2, 0.25) is 5.88 Å². The van der Waals surface area contributed by atoms with Crippen molar-refractivity contribution in [1.82, 2.24) is 0 Å². The molecule has 0 saturated carbocycles. The lowest BCUT2D eigenvalue weighted by Gasteiger charge is -2.27. The van der Waals surface area contributed by atoms with Crippen molar-refractivity contribution in [1.29, 1.82) is 5.26 Å². The van der Waals surface area contributed by atoms with Crippen molar-refractivity contribution >= 4 is 11.9 Å². The molecule has 1 heterocycles. The standard InChI is InChI=1S/C23H19FN2O5/c1-3-30-23(29)19-12(2)31-21(26)17(11-25)20(19)14-6-4-13(5-7-14)16-9-8-15(22(27)28)10-18(16)24/h4-10,20H,3,26H2,1-2H3,(H,27,28). The fraction of sp³-hybridized carbons (Fsp3) is 0.174. The number of hydrogen-bond acceptors (Lipinski definition) is 6. The Morgan fingerprint density at radius 3 is 2.48 bits per heavy atom. The molecule has 0 fully saturated rings. The number of rotatable bonds is 5. The minimum Gasteiger partial charge on any atom is -0.478 e. The number of hydrogen-bond donors (Lipinski definition) is 2. The van der Waals surface area contributed by atoms with Gasteiger partial charge >= 0.3 is 11.9 Å². The Hall–Kier alpha value is -4.12. The van der Waals surface area contributed by atoms with Crippen molar-refractivity contribution < 1.29 is 28.6 Å². The summed E-state index contributed by atoms with van der Waals surface area (Å²) in [7, 11) is 0. The van der Waals surface area contributed by atoms with E-state index in [0.29, 0.717) is 11.1 Å². The van der Waals surface area contributed by atoms with Gasteiger partial charge in [0.25, 0.3) is 0 Å². The maximum atomic E-state index is 14.4. The highest BCUT2D eigenvalue weighted by Gasteiger charge is 2.36. The first-order chi connectivity index (χ1) is 14.8. The molecule has 1 aliphatic heterocycles. The number of carboxylic acids is 1. The molecule has 8 heteroatoms. The van der Waals surface area contributed by atoms with Crippen molar-refractivity contribution in [3.05, 3.63) is 82.2 Å². The molecule has 0 amide bonds. The zero-order valence-electron chi connectivity index (χ0n) is 16.8. The predicted molar refractivity (Wildman–Crippen MR) is 109 cm³/mol. The number of allylic oxidation sites excluding steroid dienone is 2. The summed E-state index contributed by atoms with van der Waals surface area (Å²) in [5.74, 6) is -3.18. The fourth-order valence-electron chi connectivity index (χ4n) is 3.43. The highest BCUT2D eigenvalue weighted by molar-refractivity contribution is 5.92. The molecule has 0 aromatic heterocycles. The number of carbonyl (C=O) groups is 2. The summed E-state index contributed by atoms with van der Waals surface area (Å²) in [6.45, 7) is 3.38. The smallest absolute Gasteiger partial charge is 0.338 e. The normalized spacial score (nSPS) is 15.9. The van der Waals surface area contributed by atoms with Crippen LogP contribution in [0.4, 0.5) is 4.39 Å². The van der Waals surface area contributed by atoms with Gasteiger partial charge in [0.1, 0.15) is 23.2 Å². The minimum atomic E-state index is -1.22. The number of carbonyl (C=O) groups excluding carboxylic acids is 1. The van der Waals surface area contributed by atoms with Gasteiger partial charge in [-0.05, 0) is 37.1 Å². The largest absolute Gasteiger partial charge is 0.478 e. The average Bonchev–Trinajstić information content (AvgIpc) is 2.73. The summed E-state index contributed by atoms with van der Waals surface area (Å²) in [5, 5.41) is 18.6. The summed E-state index contributed by atoms with van der Waals surface area (Å²) in [6.07, 6.45) is 0.